The molecule has 0 amide bonds. The third-order valence-electron chi connectivity index (χ3n) is 2.55. The molecule has 0 unspecified atom stereocenters. The van der Waals surface area contributed by atoms with Gasteiger partial charge in [-0.2, -0.15) is 0 Å². The maximum atomic E-state index is 5.19. The van der Waals surface area contributed by atoms with Crippen molar-refractivity contribution in [3.05, 3.63) is 59.2 Å². The van der Waals surface area contributed by atoms with Gasteiger partial charge in [0.2, 0.25) is 0 Å². The molecule has 4 heteroatoms. The molecule has 2 aromatic rings. The van der Waals surface area contributed by atoms with Crippen LogP contribution < -0.4 is 0 Å². The van der Waals surface area contributed by atoms with E-state index in [2.05, 4.69) is 15.1 Å². The van der Waals surface area contributed by atoms with E-state index in [1.54, 1.807) is 0 Å². The van der Waals surface area contributed by atoms with Gasteiger partial charge in [-0.15, -0.1) is 0 Å². The molecule has 19 heavy (non-hydrogen) atoms. The van der Waals surface area contributed by atoms with E-state index < -0.39 is 0 Å². The third kappa shape index (κ3) is 3.37. The Balaban J connectivity index is 2.48. The van der Waals surface area contributed by atoms with Gasteiger partial charge in [-0.05, 0) is 45.0 Å². The van der Waals surface area contributed by atoms with Crippen LogP contribution in [0.25, 0.3) is 0 Å². The van der Waals surface area contributed by atoms with E-state index in [1.807, 2.05) is 57.2 Å². The summed E-state index contributed by atoms with van der Waals surface area (Å²) in [5.74, 6) is 0. The van der Waals surface area contributed by atoms with Crippen molar-refractivity contribution in [3.63, 3.8) is 0 Å². The third-order valence-corrected chi connectivity index (χ3v) is 2.55. The van der Waals surface area contributed by atoms with Crippen molar-refractivity contribution in [1.29, 1.82) is 0 Å². The minimum absolute atomic E-state index is 0.515. The lowest BCUT2D eigenvalue weighted by Gasteiger charge is -2.06. The minimum atomic E-state index is 0.515. The van der Waals surface area contributed by atoms with E-state index in [0.29, 0.717) is 12.3 Å². The Hall–Kier alpha value is -2.23. The molecule has 0 radical (unpaired) electrons. The van der Waals surface area contributed by atoms with E-state index in [-0.39, 0.29) is 0 Å². The van der Waals surface area contributed by atoms with Gasteiger partial charge < -0.3 is 4.84 Å². The first-order chi connectivity index (χ1) is 9.20. The Kier molecular flexibility index (Phi) is 4.23. The highest BCUT2D eigenvalue weighted by atomic mass is 16.6. The van der Waals surface area contributed by atoms with Crippen molar-refractivity contribution < 1.29 is 4.84 Å². The zero-order chi connectivity index (χ0) is 13.7. The van der Waals surface area contributed by atoms with Crippen LogP contribution in [0.2, 0.25) is 0 Å². The second-order valence-corrected chi connectivity index (χ2v) is 4.19. The van der Waals surface area contributed by atoms with Gasteiger partial charge in [-0.25, -0.2) is 0 Å². The lowest BCUT2D eigenvalue weighted by molar-refractivity contribution is 0.159. The standard InChI is InChI=1S/C15H17N3O/c1-4-19-18-15(13-9-5-7-11(2)16-13)14-10-6-8-12(3)17-14/h5-10H,4H2,1-3H3. The molecule has 98 valence electrons. The van der Waals surface area contributed by atoms with Crippen LogP contribution in [-0.4, -0.2) is 22.3 Å². The smallest absolute Gasteiger partial charge is 0.154 e. The van der Waals surface area contributed by atoms with Gasteiger partial charge in [0, 0.05) is 11.4 Å². The molecule has 0 saturated heterocycles. The maximum Gasteiger partial charge on any atom is 0.154 e. The average Bonchev–Trinajstić information content (AvgIpc) is 2.39. The predicted octanol–water partition coefficient (Wildman–Crippen LogP) is 2.88. The van der Waals surface area contributed by atoms with Crippen molar-refractivity contribution in [2.24, 2.45) is 5.16 Å². The van der Waals surface area contributed by atoms with E-state index in [4.69, 9.17) is 4.84 Å². The summed E-state index contributed by atoms with van der Waals surface area (Å²) in [6.07, 6.45) is 0. The number of oxime groups is 1. The summed E-state index contributed by atoms with van der Waals surface area (Å²) in [6, 6.07) is 11.6. The van der Waals surface area contributed by atoms with E-state index in [9.17, 15) is 0 Å². The van der Waals surface area contributed by atoms with Crippen LogP contribution in [0, 0.1) is 13.8 Å². The first-order valence-electron chi connectivity index (χ1n) is 6.28. The summed E-state index contributed by atoms with van der Waals surface area (Å²) < 4.78 is 0. The van der Waals surface area contributed by atoms with E-state index in [1.165, 1.54) is 0 Å². The normalized spacial score (nSPS) is 10.1. The Bertz CT molecular complexity index is 546. The van der Waals surface area contributed by atoms with Gasteiger partial charge in [-0.3, -0.25) is 9.97 Å². The number of aromatic nitrogens is 2. The zero-order valence-corrected chi connectivity index (χ0v) is 11.4. The summed E-state index contributed by atoms with van der Waals surface area (Å²) in [4.78, 5) is 14.2. The molecule has 0 aromatic carbocycles. The Morgan fingerprint density at radius 1 is 1.00 bits per heavy atom. The lowest BCUT2D eigenvalue weighted by Crippen LogP contribution is -2.10. The molecule has 0 aliphatic carbocycles. The molecule has 0 aliphatic rings. The molecule has 0 bridgehead atoms. The largest absolute Gasteiger partial charge is 0.396 e. The van der Waals surface area contributed by atoms with E-state index >= 15 is 0 Å². The van der Waals surface area contributed by atoms with Gasteiger partial charge in [0.25, 0.3) is 0 Å². The van der Waals surface area contributed by atoms with Gasteiger partial charge >= 0.3 is 0 Å². The molecular weight excluding hydrogens is 238 g/mol. The fourth-order valence-corrected chi connectivity index (χ4v) is 1.70. The molecule has 0 spiro atoms. The van der Waals surface area contributed by atoms with Crippen LogP contribution in [-0.2, 0) is 4.84 Å². The first-order valence-corrected chi connectivity index (χ1v) is 6.28. The number of rotatable bonds is 4. The summed E-state index contributed by atoms with van der Waals surface area (Å²) in [6.45, 7) is 6.31. The quantitative estimate of drug-likeness (QED) is 0.623. The predicted molar refractivity (Wildman–Crippen MR) is 75.2 cm³/mol. The monoisotopic (exact) mass is 255 g/mol. The topological polar surface area (TPSA) is 47.4 Å². The SMILES string of the molecule is CCON=C(c1cccc(C)n1)c1cccc(C)n1. The summed E-state index contributed by atoms with van der Waals surface area (Å²) >= 11 is 0. The Morgan fingerprint density at radius 3 is 1.95 bits per heavy atom. The molecule has 0 fully saturated rings. The second-order valence-electron chi connectivity index (χ2n) is 4.19. The van der Waals surface area contributed by atoms with Gasteiger partial charge in [0.15, 0.2) is 5.71 Å². The first kappa shape index (κ1) is 13.2. The van der Waals surface area contributed by atoms with Crippen LogP contribution in [0.4, 0.5) is 0 Å². The highest BCUT2D eigenvalue weighted by Crippen LogP contribution is 2.09. The van der Waals surface area contributed by atoms with Crippen molar-refractivity contribution in [2.45, 2.75) is 20.8 Å². The molecule has 0 saturated carbocycles. The summed E-state index contributed by atoms with van der Waals surface area (Å²) in [5.41, 5.74) is 4.08. The number of hydrogen-bond donors (Lipinski definition) is 0. The zero-order valence-electron chi connectivity index (χ0n) is 11.4. The number of hydrogen-bond acceptors (Lipinski definition) is 4. The summed E-state index contributed by atoms with van der Waals surface area (Å²) in [7, 11) is 0. The second kappa shape index (κ2) is 6.09. The van der Waals surface area contributed by atoms with E-state index in [0.717, 1.165) is 22.8 Å². The van der Waals surface area contributed by atoms with Crippen LogP contribution in [0.15, 0.2) is 41.6 Å². The average molecular weight is 255 g/mol. The fraction of sp³-hybridized carbons (Fsp3) is 0.267. The van der Waals surface area contributed by atoms with Gasteiger partial charge in [0.1, 0.15) is 6.61 Å². The highest BCUT2D eigenvalue weighted by Gasteiger charge is 2.11. The van der Waals surface area contributed by atoms with Crippen molar-refractivity contribution in [2.75, 3.05) is 6.61 Å². The minimum Gasteiger partial charge on any atom is -0.396 e. The van der Waals surface area contributed by atoms with Crippen LogP contribution in [0.1, 0.15) is 29.7 Å². The molecular formula is C15H17N3O. The number of nitrogens with zero attached hydrogens (tertiary/aromatic N) is 3. The molecule has 0 N–H and O–H groups in total. The molecule has 0 aliphatic heterocycles. The molecule has 2 aromatic heterocycles. The Morgan fingerprint density at radius 2 is 1.53 bits per heavy atom. The highest BCUT2D eigenvalue weighted by molar-refractivity contribution is 6.10. The molecule has 2 rings (SSSR count). The number of aryl methyl sites for hydroxylation is 2. The van der Waals surface area contributed by atoms with Crippen LogP contribution in [0.3, 0.4) is 0 Å². The van der Waals surface area contributed by atoms with Crippen molar-refractivity contribution in [1.82, 2.24) is 9.97 Å². The molecule has 2 heterocycles. The lowest BCUT2D eigenvalue weighted by atomic mass is 10.1. The van der Waals surface area contributed by atoms with Gasteiger partial charge in [0.05, 0.1) is 11.4 Å². The molecule has 4 nitrogen and oxygen atoms in total. The molecule has 0 atom stereocenters. The maximum absolute atomic E-state index is 5.19. The van der Waals surface area contributed by atoms with Crippen LogP contribution in [0.5, 0.6) is 0 Å². The number of pyridine rings is 2. The van der Waals surface area contributed by atoms with Crippen molar-refractivity contribution >= 4 is 5.71 Å². The fourth-order valence-electron chi connectivity index (χ4n) is 1.70. The summed E-state index contributed by atoms with van der Waals surface area (Å²) in [5, 5.41) is 4.16. The Labute approximate surface area is 113 Å². The van der Waals surface area contributed by atoms with Crippen molar-refractivity contribution in [3.8, 4) is 0 Å². The van der Waals surface area contributed by atoms with Gasteiger partial charge in [-0.1, -0.05) is 17.3 Å². The van der Waals surface area contributed by atoms with Crippen LogP contribution >= 0.6 is 0 Å².